The van der Waals surface area contributed by atoms with Crippen molar-refractivity contribution in [1.82, 2.24) is 0 Å². The summed E-state index contributed by atoms with van der Waals surface area (Å²) < 4.78 is 0. The van der Waals surface area contributed by atoms with Crippen LogP contribution in [0.5, 0.6) is 0 Å². The van der Waals surface area contributed by atoms with Gasteiger partial charge in [-0.25, -0.2) is 0 Å². The lowest BCUT2D eigenvalue weighted by Crippen LogP contribution is -2.34. The van der Waals surface area contributed by atoms with E-state index < -0.39 is 0 Å². The van der Waals surface area contributed by atoms with Gasteiger partial charge in [-0.1, -0.05) is 31.5 Å². The molecule has 0 heterocycles. The first-order valence-corrected chi connectivity index (χ1v) is 7.05. The van der Waals surface area contributed by atoms with E-state index in [0.717, 1.165) is 30.5 Å². The predicted octanol–water partition coefficient (Wildman–Crippen LogP) is 2.37. The minimum Gasteiger partial charge on any atom is -0.370 e. The molecule has 0 unspecified atom stereocenters. The number of nitrogens with one attached hydrogen (secondary N) is 1. The maximum absolute atomic E-state index is 8.06. The molecule has 20 heavy (non-hydrogen) atoms. The van der Waals surface area contributed by atoms with Crippen molar-refractivity contribution in [2.45, 2.75) is 40.0 Å². The molecule has 5 nitrogen and oxygen atoms in total. The van der Waals surface area contributed by atoms with E-state index in [9.17, 15) is 0 Å². The molecule has 5 N–H and O–H groups in total. The normalized spacial score (nSPS) is 10.2. The second kappa shape index (κ2) is 7.53. The van der Waals surface area contributed by atoms with Crippen molar-refractivity contribution in [3.8, 4) is 0 Å². The monoisotopic (exact) mass is 275 g/mol. The van der Waals surface area contributed by atoms with Crippen LogP contribution in [0.4, 0.5) is 5.69 Å². The Balaban J connectivity index is 3.19. The smallest absolute Gasteiger partial charge is 0.225 e. The van der Waals surface area contributed by atoms with E-state index in [4.69, 9.17) is 16.9 Å². The predicted molar refractivity (Wildman–Crippen MR) is 86.3 cm³/mol. The van der Waals surface area contributed by atoms with E-state index in [1.165, 1.54) is 5.56 Å². The molecule has 0 bridgehead atoms. The fraction of sp³-hybridized carbons (Fsp3) is 0.467. The quantitative estimate of drug-likeness (QED) is 0.569. The van der Waals surface area contributed by atoms with Gasteiger partial charge in [0.25, 0.3) is 0 Å². The molecule has 0 fully saturated rings. The number of rotatable bonds is 5. The highest BCUT2D eigenvalue weighted by molar-refractivity contribution is 6.02. The Bertz CT molecular complexity index is 489. The van der Waals surface area contributed by atoms with Crippen LogP contribution in [0.2, 0.25) is 0 Å². The highest BCUT2D eigenvalue weighted by Crippen LogP contribution is 2.27. The summed E-state index contributed by atoms with van der Waals surface area (Å²) in [5.74, 6) is -0.00306. The standard InChI is InChI=1S/C15H25N5/c1-4-6-9-12-10-7-8-11(3)13(12)20(5-2)15(18)19-14(16)17/h7-8,10H,4-6,9H2,1-3H3,(H5,16,17,18,19). The molecule has 0 radical (unpaired) electrons. The first kappa shape index (κ1) is 16.0. The molecule has 0 saturated carbocycles. The summed E-state index contributed by atoms with van der Waals surface area (Å²) in [7, 11) is 0. The number of nitrogens with zero attached hydrogens (tertiary/aromatic N) is 2. The largest absolute Gasteiger partial charge is 0.370 e. The van der Waals surface area contributed by atoms with Gasteiger partial charge in [0.15, 0.2) is 5.96 Å². The van der Waals surface area contributed by atoms with Crippen molar-refractivity contribution in [2.24, 2.45) is 16.5 Å². The van der Waals surface area contributed by atoms with Crippen LogP contribution in [0.1, 0.15) is 37.8 Å². The van der Waals surface area contributed by atoms with E-state index in [1.807, 2.05) is 11.8 Å². The third kappa shape index (κ3) is 3.98. The molecule has 1 aromatic rings. The summed E-state index contributed by atoms with van der Waals surface area (Å²) in [4.78, 5) is 5.72. The van der Waals surface area contributed by atoms with E-state index in [2.05, 4.69) is 37.0 Å². The van der Waals surface area contributed by atoms with E-state index in [-0.39, 0.29) is 11.9 Å². The number of anilines is 1. The summed E-state index contributed by atoms with van der Waals surface area (Å²) >= 11 is 0. The summed E-state index contributed by atoms with van der Waals surface area (Å²) in [6.07, 6.45) is 3.27. The van der Waals surface area contributed by atoms with Crippen LogP contribution in [-0.2, 0) is 6.42 Å². The highest BCUT2D eigenvalue weighted by Gasteiger charge is 2.16. The molecular weight excluding hydrogens is 250 g/mol. The number of unbranched alkanes of at least 4 members (excludes halogenated alkanes) is 1. The Morgan fingerprint density at radius 3 is 2.55 bits per heavy atom. The van der Waals surface area contributed by atoms with Crippen LogP contribution in [0.3, 0.4) is 0 Å². The van der Waals surface area contributed by atoms with Gasteiger partial charge in [-0.3, -0.25) is 5.41 Å². The number of hydrogen-bond donors (Lipinski definition) is 3. The first-order chi connectivity index (χ1) is 9.51. The first-order valence-electron chi connectivity index (χ1n) is 7.05. The average molecular weight is 275 g/mol. The second-order valence-corrected chi connectivity index (χ2v) is 4.79. The van der Waals surface area contributed by atoms with Gasteiger partial charge in [0, 0.05) is 12.2 Å². The number of aliphatic imine (C=N–C) groups is 1. The summed E-state index contributed by atoms with van der Waals surface area (Å²) in [6, 6.07) is 6.22. The SMILES string of the molecule is CCCCc1cccc(C)c1N(CC)C(=N)N=C(N)N. The molecule has 0 saturated heterocycles. The number of benzene rings is 1. The van der Waals surface area contributed by atoms with Crippen LogP contribution in [-0.4, -0.2) is 18.5 Å². The molecule has 110 valence electrons. The lowest BCUT2D eigenvalue weighted by atomic mass is 10.0. The summed E-state index contributed by atoms with van der Waals surface area (Å²) in [5, 5.41) is 8.06. The number of guanidine groups is 2. The molecule has 0 aliphatic carbocycles. The minimum absolute atomic E-state index is 0.0829. The zero-order valence-electron chi connectivity index (χ0n) is 12.6. The zero-order chi connectivity index (χ0) is 15.1. The molecule has 0 aliphatic heterocycles. The third-order valence-electron chi connectivity index (χ3n) is 3.20. The molecular formula is C15H25N5. The second-order valence-electron chi connectivity index (χ2n) is 4.79. The van der Waals surface area contributed by atoms with Gasteiger partial charge in [-0.2, -0.15) is 4.99 Å². The molecule has 0 aliphatic rings. The molecule has 1 rings (SSSR count). The number of hydrogen-bond acceptors (Lipinski definition) is 1. The Morgan fingerprint density at radius 1 is 1.30 bits per heavy atom. The maximum atomic E-state index is 8.06. The molecule has 0 amide bonds. The van der Waals surface area contributed by atoms with Crippen molar-refractivity contribution in [3.63, 3.8) is 0 Å². The average Bonchev–Trinajstić information content (AvgIpc) is 2.38. The van der Waals surface area contributed by atoms with Crippen molar-refractivity contribution < 1.29 is 0 Å². The fourth-order valence-corrected chi connectivity index (χ4v) is 2.27. The molecule has 1 aromatic carbocycles. The van der Waals surface area contributed by atoms with Crippen molar-refractivity contribution >= 4 is 17.6 Å². The highest BCUT2D eigenvalue weighted by atomic mass is 15.3. The van der Waals surface area contributed by atoms with Gasteiger partial charge in [-0.05, 0) is 37.8 Å². The van der Waals surface area contributed by atoms with Crippen LogP contribution < -0.4 is 16.4 Å². The van der Waals surface area contributed by atoms with Crippen LogP contribution >= 0.6 is 0 Å². The van der Waals surface area contributed by atoms with Crippen LogP contribution in [0.25, 0.3) is 0 Å². The maximum Gasteiger partial charge on any atom is 0.225 e. The van der Waals surface area contributed by atoms with Crippen LogP contribution in [0.15, 0.2) is 23.2 Å². The van der Waals surface area contributed by atoms with E-state index in [0.29, 0.717) is 6.54 Å². The lowest BCUT2D eigenvalue weighted by molar-refractivity contribution is 0.792. The third-order valence-corrected chi connectivity index (χ3v) is 3.20. The van der Waals surface area contributed by atoms with E-state index >= 15 is 0 Å². The van der Waals surface area contributed by atoms with Gasteiger partial charge < -0.3 is 16.4 Å². The fourth-order valence-electron chi connectivity index (χ4n) is 2.27. The van der Waals surface area contributed by atoms with Gasteiger partial charge >= 0.3 is 0 Å². The zero-order valence-corrected chi connectivity index (χ0v) is 12.6. The lowest BCUT2D eigenvalue weighted by Gasteiger charge is -2.26. The molecule has 5 heteroatoms. The number of aryl methyl sites for hydroxylation is 2. The minimum atomic E-state index is -0.0860. The van der Waals surface area contributed by atoms with Gasteiger partial charge in [0.2, 0.25) is 5.96 Å². The summed E-state index contributed by atoms with van der Waals surface area (Å²) in [5.41, 5.74) is 14.2. The van der Waals surface area contributed by atoms with Gasteiger partial charge in [0.05, 0.1) is 0 Å². The van der Waals surface area contributed by atoms with Crippen molar-refractivity contribution in [2.75, 3.05) is 11.4 Å². The number of nitrogens with two attached hydrogens (primary N) is 2. The Morgan fingerprint density at radius 2 is 2.00 bits per heavy atom. The Labute approximate surface area is 121 Å². The van der Waals surface area contributed by atoms with Crippen molar-refractivity contribution in [3.05, 3.63) is 29.3 Å². The Hall–Kier alpha value is -2.04. The number of para-hydroxylation sites is 1. The Kier molecular flexibility index (Phi) is 6.03. The summed E-state index contributed by atoms with van der Waals surface area (Å²) in [6.45, 7) is 6.87. The topological polar surface area (TPSA) is 91.5 Å². The molecule has 0 aromatic heterocycles. The van der Waals surface area contributed by atoms with Gasteiger partial charge in [0.1, 0.15) is 0 Å². The van der Waals surface area contributed by atoms with Gasteiger partial charge in [-0.15, -0.1) is 0 Å². The van der Waals surface area contributed by atoms with Crippen molar-refractivity contribution in [1.29, 1.82) is 5.41 Å². The molecule has 0 spiro atoms. The van der Waals surface area contributed by atoms with E-state index in [1.54, 1.807) is 0 Å². The van der Waals surface area contributed by atoms with Crippen LogP contribution in [0, 0.1) is 12.3 Å². The molecule has 0 atom stereocenters.